The number of benzene rings is 1. The van der Waals surface area contributed by atoms with Gasteiger partial charge in [0.2, 0.25) is 10.0 Å². The third-order valence-electron chi connectivity index (χ3n) is 3.66. The molecule has 1 aromatic rings. The van der Waals surface area contributed by atoms with Crippen molar-refractivity contribution in [3.05, 3.63) is 28.3 Å². The van der Waals surface area contributed by atoms with E-state index in [4.69, 9.17) is 0 Å². The highest BCUT2D eigenvalue weighted by atomic mass is 32.2. The molecule has 8 heteroatoms. The van der Waals surface area contributed by atoms with Crippen LogP contribution < -0.4 is 10.0 Å². The van der Waals surface area contributed by atoms with Crippen LogP contribution in [0.15, 0.2) is 23.1 Å². The highest BCUT2D eigenvalue weighted by molar-refractivity contribution is 7.89. The molecule has 0 spiro atoms. The number of sulfonamides is 1. The number of hydrogen-bond donors (Lipinski definition) is 2. The van der Waals surface area contributed by atoms with Gasteiger partial charge < -0.3 is 5.32 Å². The van der Waals surface area contributed by atoms with E-state index in [2.05, 4.69) is 10.0 Å². The van der Waals surface area contributed by atoms with Gasteiger partial charge in [0.05, 0.1) is 4.92 Å². The Kier molecular flexibility index (Phi) is 4.79. The summed E-state index contributed by atoms with van der Waals surface area (Å²) in [6.45, 7) is 0. The molecule has 1 aromatic carbocycles. The average Bonchev–Trinajstić information content (AvgIpc) is 2.47. The molecule has 0 radical (unpaired) electrons. The van der Waals surface area contributed by atoms with Gasteiger partial charge >= 0.3 is 0 Å². The number of nitrogens with zero attached hydrogens (tertiary/aromatic N) is 1. The highest BCUT2D eigenvalue weighted by Gasteiger charge is 2.29. The van der Waals surface area contributed by atoms with Crippen LogP contribution in [-0.4, -0.2) is 26.4 Å². The second-order valence-electron chi connectivity index (χ2n) is 5.15. The Morgan fingerprint density at radius 2 is 1.90 bits per heavy atom. The van der Waals surface area contributed by atoms with Crippen molar-refractivity contribution in [1.29, 1.82) is 0 Å². The Labute approximate surface area is 123 Å². The van der Waals surface area contributed by atoms with Gasteiger partial charge in [0.25, 0.3) is 5.69 Å². The zero-order valence-electron chi connectivity index (χ0n) is 11.8. The van der Waals surface area contributed by atoms with Crippen LogP contribution in [0.1, 0.15) is 32.1 Å². The maximum absolute atomic E-state index is 12.5. The summed E-state index contributed by atoms with van der Waals surface area (Å²) in [5, 5.41) is 13.8. The first kappa shape index (κ1) is 15.7. The van der Waals surface area contributed by atoms with Crippen molar-refractivity contribution in [3.63, 3.8) is 0 Å². The summed E-state index contributed by atoms with van der Waals surface area (Å²) in [7, 11) is -2.27. The van der Waals surface area contributed by atoms with Crippen LogP contribution in [0.3, 0.4) is 0 Å². The number of nitro benzene ring substituents is 1. The fourth-order valence-electron chi connectivity index (χ4n) is 2.54. The van der Waals surface area contributed by atoms with E-state index in [-0.39, 0.29) is 10.9 Å². The Bertz CT molecular complexity index is 624. The predicted molar refractivity (Wildman–Crippen MR) is 79.8 cm³/mol. The zero-order chi connectivity index (χ0) is 15.5. The standard InChI is InChI=1S/C13H19N3O4S/c1-14-11-7-8-12(16(17)18)13(9-11)21(19,20)15-10-5-3-2-4-6-10/h7-10,14-15H,2-6H2,1H3. The lowest BCUT2D eigenvalue weighted by Gasteiger charge is -2.22. The Morgan fingerprint density at radius 3 is 2.48 bits per heavy atom. The van der Waals surface area contributed by atoms with Crippen LogP contribution in [0, 0.1) is 10.1 Å². The first-order valence-electron chi connectivity index (χ1n) is 6.92. The third-order valence-corrected chi connectivity index (χ3v) is 5.21. The van der Waals surface area contributed by atoms with Crippen molar-refractivity contribution in [1.82, 2.24) is 4.72 Å². The Morgan fingerprint density at radius 1 is 1.24 bits per heavy atom. The van der Waals surface area contributed by atoms with E-state index in [1.807, 2.05) is 0 Å². The summed E-state index contributed by atoms with van der Waals surface area (Å²) in [6.07, 6.45) is 4.61. The molecule has 0 heterocycles. The summed E-state index contributed by atoms with van der Waals surface area (Å²) >= 11 is 0. The van der Waals surface area contributed by atoms with Crippen LogP contribution in [0.25, 0.3) is 0 Å². The molecule has 0 bridgehead atoms. The summed E-state index contributed by atoms with van der Waals surface area (Å²) in [5.74, 6) is 0. The topological polar surface area (TPSA) is 101 Å². The maximum atomic E-state index is 12.5. The molecule has 7 nitrogen and oxygen atoms in total. The first-order valence-corrected chi connectivity index (χ1v) is 8.41. The number of rotatable bonds is 5. The maximum Gasteiger partial charge on any atom is 0.289 e. The molecule has 0 aliphatic heterocycles. The molecule has 2 N–H and O–H groups in total. The van der Waals surface area contributed by atoms with E-state index in [1.165, 1.54) is 18.2 Å². The minimum atomic E-state index is -3.90. The minimum absolute atomic E-state index is 0.137. The van der Waals surface area contributed by atoms with Crippen molar-refractivity contribution >= 4 is 21.4 Å². The molecule has 1 saturated carbocycles. The molecule has 0 aromatic heterocycles. The van der Waals surface area contributed by atoms with Gasteiger partial charge in [0.15, 0.2) is 4.90 Å². The van der Waals surface area contributed by atoms with E-state index in [9.17, 15) is 18.5 Å². The first-order chi connectivity index (χ1) is 9.94. The Hall–Kier alpha value is -1.67. The van der Waals surface area contributed by atoms with Gasteiger partial charge in [-0.25, -0.2) is 13.1 Å². The van der Waals surface area contributed by atoms with Gasteiger partial charge in [-0.2, -0.15) is 0 Å². The van der Waals surface area contributed by atoms with Crippen LogP contribution in [-0.2, 0) is 10.0 Å². The van der Waals surface area contributed by atoms with Gasteiger partial charge in [0, 0.05) is 24.8 Å². The van der Waals surface area contributed by atoms with Gasteiger partial charge in [0.1, 0.15) is 0 Å². The summed E-state index contributed by atoms with van der Waals surface area (Å²) in [6, 6.07) is 3.85. The predicted octanol–water partition coefficient (Wildman–Crippen LogP) is 2.25. The van der Waals surface area contributed by atoms with Crippen LogP contribution >= 0.6 is 0 Å². The number of hydrogen-bond acceptors (Lipinski definition) is 5. The van der Waals surface area contributed by atoms with E-state index >= 15 is 0 Å². The van der Waals surface area contributed by atoms with Gasteiger partial charge in [-0.3, -0.25) is 10.1 Å². The van der Waals surface area contributed by atoms with Crippen LogP contribution in [0.2, 0.25) is 0 Å². The fraction of sp³-hybridized carbons (Fsp3) is 0.538. The van der Waals surface area contributed by atoms with Crippen molar-refractivity contribution in [2.45, 2.75) is 43.0 Å². The molecule has 1 fully saturated rings. The lowest BCUT2D eigenvalue weighted by atomic mass is 9.96. The molecular weight excluding hydrogens is 294 g/mol. The second-order valence-corrected chi connectivity index (χ2v) is 6.83. The number of nitro groups is 1. The second kappa shape index (κ2) is 6.40. The van der Waals surface area contributed by atoms with Gasteiger partial charge in [-0.15, -0.1) is 0 Å². The molecule has 0 amide bonds. The van der Waals surface area contributed by atoms with E-state index in [0.29, 0.717) is 5.69 Å². The molecule has 116 valence electrons. The smallest absolute Gasteiger partial charge is 0.289 e. The summed E-state index contributed by atoms with van der Waals surface area (Å²) in [5.41, 5.74) is 0.113. The average molecular weight is 313 g/mol. The zero-order valence-corrected chi connectivity index (χ0v) is 12.6. The monoisotopic (exact) mass is 313 g/mol. The van der Waals surface area contributed by atoms with E-state index in [0.717, 1.165) is 32.1 Å². The van der Waals surface area contributed by atoms with Gasteiger partial charge in [-0.1, -0.05) is 19.3 Å². The molecule has 0 unspecified atom stereocenters. The van der Waals surface area contributed by atoms with Crippen LogP contribution in [0.4, 0.5) is 11.4 Å². The van der Waals surface area contributed by atoms with E-state index in [1.54, 1.807) is 7.05 Å². The largest absolute Gasteiger partial charge is 0.388 e. The fourth-order valence-corrected chi connectivity index (χ4v) is 4.04. The minimum Gasteiger partial charge on any atom is -0.388 e. The third kappa shape index (κ3) is 3.70. The summed E-state index contributed by atoms with van der Waals surface area (Å²) < 4.78 is 27.5. The molecule has 2 rings (SSSR count). The van der Waals surface area contributed by atoms with Crippen molar-refractivity contribution in [2.24, 2.45) is 0 Å². The van der Waals surface area contributed by atoms with Gasteiger partial charge in [-0.05, 0) is 25.0 Å². The molecule has 0 atom stereocenters. The SMILES string of the molecule is CNc1ccc([N+](=O)[O-])c(S(=O)(=O)NC2CCCCC2)c1. The van der Waals surface area contributed by atoms with Crippen molar-refractivity contribution < 1.29 is 13.3 Å². The molecule has 1 aliphatic carbocycles. The molecule has 1 aliphatic rings. The van der Waals surface area contributed by atoms with Crippen molar-refractivity contribution in [2.75, 3.05) is 12.4 Å². The number of nitrogens with one attached hydrogen (secondary N) is 2. The Balaban J connectivity index is 2.35. The highest BCUT2D eigenvalue weighted by Crippen LogP contribution is 2.28. The molecule has 0 saturated heterocycles. The van der Waals surface area contributed by atoms with Crippen molar-refractivity contribution in [3.8, 4) is 0 Å². The quantitative estimate of drug-likeness (QED) is 0.641. The lowest BCUT2D eigenvalue weighted by Crippen LogP contribution is -2.36. The lowest BCUT2D eigenvalue weighted by molar-refractivity contribution is -0.387. The molecular formula is C13H19N3O4S. The van der Waals surface area contributed by atoms with E-state index < -0.39 is 20.6 Å². The number of anilines is 1. The van der Waals surface area contributed by atoms with Crippen LogP contribution in [0.5, 0.6) is 0 Å². The summed E-state index contributed by atoms with van der Waals surface area (Å²) in [4.78, 5) is 10.1. The normalized spacial score (nSPS) is 16.6. The molecule has 21 heavy (non-hydrogen) atoms.